The standard InChI is InChI=1S/C18H18N4O4/c1-18(12-6-8-13(26-2)9-7-12)16(24)22(17(25)21-18)11-15(23)20-14-5-3-4-10-19-14/h3-10H,11H2,1-2H3,(H,21,25)(H,19,20,23). The van der Waals surface area contributed by atoms with E-state index in [4.69, 9.17) is 4.74 Å². The lowest BCUT2D eigenvalue weighted by atomic mass is 9.92. The van der Waals surface area contributed by atoms with Crippen LogP contribution in [0.15, 0.2) is 48.7 Å². The number of urea groups is 1. The fourth-order valence-corrected chi connectivity index (χ4v) is 2.72. The van der Waals surface area contributed by atoms with Crippen LogP contribution in [0.2, 0.25) is 0 Å². The summed E-state index contributed by atoms with van der Waals surface area (Å²) in [6.07, 6.45) is 1.53. The summed E-state index contributed by atoms with van der Waals surface area (Å²) in [5.41, 5.74) is -0.640. The Kier molecular flexibility index (Phi) is 4.57. The number of rotatable bonds is 5. The van der Waals surface area contributed by atoms with Crippen molar-refractivity contribution in [2.24, 2.45) is 0 Å². The maximum absolute atomic E-state index is 12.8. The van der Waals surface area contributed by atoms with E-state index in [1.54, 1.807) is 56.5 Å². The van der Waals surface area contributed by atoms with Gasteiger partial charge < -0.3 is 15.4 Å². The molecule has 0 bridgehead atoms. The van der Waals surface area contributed by atoms with Gasteiger partial charge in [0, 0.05) is 6.20 Å². The van der Waals surface area contributed by atoms with Gasteiger partial charge in [0.05, 0.1) is 7.11 Å². The smallest absolute Gasteiger partial charge is 0.325 e. The molecule has 2 heterocycles. The van der Waals surface area contributed by atoms with Crippen molar-refractivity contribution < 1.29 is 19.1 Å². The molecular weight excluding hydrogens is 336 g/mol. The highest BCUT2D eigenvalue weighted by atomic mass is 16.5. The molecule has 134 valence electrons. The minimum atomic E-state index is -1.24. The van der Waals surface area contributed by atoms with Crippen LogP contribution < -0.4 is 15.4 Å². The number of carbonyl (C=O) groups excluding carboxylic acids is 3. The lowest BCUT2D eigenvalue weighted by Gasteiger charge is -2.22. The number of ether oxygens (including phenoxy) is 1. The van der Waals surface area contributed by atoms with Gasteiger partial charge in [0.15, 0.2) is 0 Å². The molecule has 0 saturated carbocycles. The third kappa shape index (κ3) is 3.21. The molecule has 2 N–H and O–H groups in total. The van der Waals surface area contributed by atoms with E-state index in [1.165, 1.54) is 6.20 Å². The Morgan fingerprint density at radius 2 is 1.96 bits per heavy atom. The highest BCUT2D eigenvalue weighted by Crippen LogP contribution is 2.29. The van der Waals surface area contributed by atoms with Crippen molar-refractivity contribution in [1.82, 2.24) is 15.2 Å². The summed E-state index contributed by atoms with van der Waals surface area (Å²) in [6.45, 7) is 1.21. The van der Waals surface area contributed by atoms with Gasteiger partial charge in [-0.05, 0) is 36.8 Å². The molecule has 1 aromatic heterocycles. The first-order valence-electron chi connectivity index (χ1n) is 7.93. The van der Waals surface area contributed by atoms with Crippen LogP contribution in [0.25, 0.3) is 0 Å². The number of carbonyl (C=O) groups is 3. The molecule has 1 fully saturated rings. The molecule has 26 heavy (non-hydrogen) atoms. The van der Waals surface area contributed by atoms with Crippen molar-refractivity contribution in [2.75, 3.05) is 19.0 Å². The molecule has 1 aromatic carbocycles. The Bertz CT molecular complexity index is 838. The van der Waals surface area contributed by atoms with E-state index >= 15 is 0 Å². The summed E-state index contributed by atoms with van der Waals surface area (Å²) in [5.74, 6) is -0.0155. The van der Waals surface area contributed by atoms with Crippen LogP contribution >= 0.6 is 0 Å². The molecule has 1 aliphatic rings. The van der Waals surface area contributed by atoms with Crippen LogP contribution in [0.5, 0.6) is 5.75 Å². The fraction of sp³-hybridized carbons (Fsp3) is 0.222. The number of nitrogens with one attached hydrogen (secondary N) is 2. The number of benzene rings is 1. The van der Waals surface area contributed by atoms with E-state index < -0.39 is 29.9 Å². The summed E-state index contributed by atoms with van der Waals surface area (Å²) >= 11 is 0. The molecule has 8 nitrogen and oxygen atoms in total. The van der Waals surface area contributed by atoms with E-state index in [-0.39, 0.29) is 0 Å². The monoisotopic (exact) mass is 354 g/mol. The predicted molar refractivity (Wildman–Crippen MR) is 93.5 cm³/mol. The zero-order chi connectivity index (χ0) is 18.7. The molecular formula is C18H18N4O4. The fourth-order valence-electron chi connectivity index (χ4n) is 2.72. The molecule has 1 aliphatic heterocycles. The highest BCUT2D eigenvalue weighted by Gasteiger charge is 2.49. The number of anilines is 1. The van der Waals surface area contributed by atoms with Crippen LogP contribution in [0.4, 0.5) is 10.6 Å². The maximum Gasteiger partial charge on any atom is 0.325 e. The van der Waals surface area contributed by atoms with Gasteiger partial charge in [0.25, 0.3) is 5.91 Å². The van der Waals surface area contributed by atoms with Crippen LogP contribution in [0.3, 0.4) is 0 Å². The number of hydrogen-bond donors (Lipinski definition) is 2. The van der Waals surface area contributed by atoms with Crippen LogP contribution in [-0.4, -0.2) is 41.4 Å². The SMILES string of the molecule is COc1ccc(C2(C)NC(=O)N(CC(=O)Nc3ccccn3)C2=O)cc1. The first kappa shape index (κ1) is 17.4. The van der Waals surface area contributed by atoms with Gasteiger partial charge in [-0.1, -0.05) is 18.2 Å². The molecule has 1 atom stereocenters. The Hall–Kier alpha value is -3.42. The van der Waals surface area contributed by atoms with Gasteiger partial charge in [0.2, 0.25) is 5.91 Å². The lowest BCUT2D eigenvalue weighted by Crippen LogP contribution is -2.42. The first-order valence-corrected chi connectivity index (χ1v) is 7.93. The van der Waals surface area contributed by atoms with E-state index in [0.29, 0.717) is 17.1 Å². The van der Waals surface area contributed by atoms with Gasteiger partial charge in [0.1, 0.15) is 23.7 Å². The number of aromatic nitrogens is 1. The number of hydrogen-bond acceptors (Lipinski definition) is 5. The first-order chi connectivity index (χ1) is 12.4. The largest absolute Gasteiger partial charge is 0.497 e. The molecule has 0 spiro atoms. The predicted octanol–water partition coefficient (Wildman–Crippen LogP) is 1.50. The number of pyridine rings is 1. The Morgan fingerprint density at radius 3 is 2.58 bits per heavy atom. The zero-order valence-electron chi connectivity index (χ0n) is 14.4. The Morgan fingerprint density at radius 1 is 1.23 bits per heavy atom. The van der Waals surface area contributed by atoms with Gasteiger partial charge in [-0.15, -0.1) is 0 Å². The summed E-state index contributed by atoms with van der Waals surface area (Å²) < 4.78 is 5.10. The number of nitrogens with zero attached hydrogens (tertiary/aromatic N) is 2. The molecule has 0 radical (unpaired) electrons. The number of amides is 4. The van der Waals surface area contributed by atoms with Gasteiger partial charge >= 0.3 is 6.03 Å². The third-order valence-corrected chi connectivity index (χ3v) is 4.18. The summed E-state index contributed by atoms with van der Waals surface area (Å²) in [6, 6.07) is 11.2. The quantitative estimate of drug-likeness (QED) is 0.793. The second kappa shape index (κ2) is 6.83. The molecule has 1 unspecified atom stereocenters. The molecule has 3 rings (SSSR count). The van der Waals surface area contributed by atoms with E-state index in [1.807, 2.05) is 0 Å². The maximum atomic E-state index is 12.8. The Labute approximate surface area is 150 Å². The minimum Gasteiger partial charge on any atom is -0.497 e. The van der Waals surface area contributed by atoms with Crippen molar-refractivity contribution in [1.29, 1.82) is 0 Å². The van der Waals surface area contributed by atoms with Crippen molar-refractivity contribution in [2.45, 2.75) is 12.5 Å². The second-order valence-corrected chi connectivity index (χ2v) is 5.94. The van der Waals surface area contributed by atoms with E-state index in [2.05, 4.69) is 15.6 Å². The third-order valence-electron chi connectivity index (χ3n) is 4.18. The molecule has 0 aliphatic carbocycles. The van der Waals surface area contributed by atoms with E-state index in [9.17, 15) is 14.4 Å². The normalized spacial score (nSPS) is 19.2. The summed E-state index contributed by atoms with van der Waals surface area (Å²) in [4.78, 5) is 42.1. The topological polar surface area (TPSA) is 101 Å². The summed E-state index contributed by atoms with van der Waals surface area (Å²) in [7, 11) is 1.54. The molecule has 2 aromatic rings. The zero-order valence-corrected chi connectivity index (χ0v) is 14.4. The molecule has 4 amide bonds. The van der Waals surface area contributed by atoms with Crippen LogP contribution in [0, 0.1) is 0 Å². The van der Waals surface area contributed by atoms with Crippen molar-refractivity contribution in [3.63, 3.8) is 0 Å². The van der Waals surface area contributed by atoms with E-state index in [0.717, 1.165) is 4.90 Å². The molecule has 8 heteroatoms. The Balaban J connectivity index is 1.74. The van der Waals surface area contributed by atoms with Gasteiger partial charge in [-0.3, -0.25) is 14.5 Å². The average molecular weight is 354 g/mol. The number of imide groups is 1. The van der Waals surface area contributed by atoms with Crippen LogP contribution in [0.1, 0.15) is 12.5 Å². The van der Waals surface area contributed by atoms with Crippen molar-refractivity contribution >= 4 is 23.7 Å². The highest BCUT2D eigenvalue weighted by molar-refractivity contribution is 6.10. The summed E-state index contributed by atoms with van der Waals surface area (Å²) in [5, 5.41) is 5.21. The lowest BCUT2D eigenvalue weighted by molar-refractivity contribution is -0.133. The second-order valence-electron chi connectivity index (χ2n) is 5.94. The minimum absolute atomic E-state index is 0.350. The average Bonchev–Trinajstić information content (AvgIpc) is 2.86. The molecule has 1 saturated heterocycles. The van der Waals surface area contributed by atoms with Gasteiger partial charge in [-0.2, -0.15) is 0 Å². The van der Waals surface area contributed by atoms with Crippen molar-refractivity contribution in [3.8, 4) is 5.75 Å². The van der Waals surface area contributed by atoms with Crippen LogP contribution in [-0.2, 0) is 15.1 Å². The van der Waals surface area contributed by atoms with Crippen molar-refractivity contribution in [3.05, 3.63) is 54.2 Å². The number of methoxy groups -OCH3 is 1. The van der Waals surface area contributed by atoms with Gasteiger partial charge in [-0.25, -0.2) is 9.78 Å².